The number of hydrogen-bond donors (Lipinski definition) is 2. The summed E-state index contributed by atoms with van der Waals surface area (Å²) in [6.45, 7) is 8.57. The molecule has 1 rings (SSSR count). The Morgan fingerprint density at radius 2 is 2.05 bits per heavy atom. The van der Waals surface area contributed by atoms with Gasteiger partial charge in [-0.3, -0.25) is 0 Å². The first-order chi connectivity index (χ1) is 9.13. The average Bonchev–Trinajstić information content (AvgIpc) is 2.71. The Morgan fingerprint density at radius 3 is 2.74 bits per heavy atom. The van der Waals surface area contributed by atoms with Crippen LogP contribution in [0.25, 0.3) is 0 Å². The molecule has 1 aromatic rings. The van der Waals surface area contributed by atoms with Crippen molar-refractivity contribution in [2.24, 2.45) is 5.92 Å². The van der Waals surface area contributed by atoms with Gasteiger partial charge in [0.05, 0.1) is 5.69 Å². The molecule has 0 saturated carbocycles. The zero-order valence-corrected chi connectivity index (χ0v) is 13.3. The van der Waals surface area contributed by atoms with Crippen LogP contribution >= 0.6 is 11.6 Å². The number of nitrogens with zero attached hydrogens (tertiary/aromatic N) is 1. The summed E-state index contributed by atoms with van der Waals surface area (Å²) in [7, 11) is 0. The number of hydrogen-bond acceptors (Lipinski definition) is 2. The van der Waals surface area contributed by atoms with Gasteiger partial charge in [-0.05, 0) is 25.3 Å². The Labute approximate surface area is 122 Å². The van der Waals surface area contributed by atoms with Gasteiger partial charge in [0.2, 0.25) is 0 Å². The zero-order chi connectivity index (χ0) is 14.1. The van der Waals surface area contributed by atoms with Crippen LogP contribution in [0.2, 0.25) is 5.15 Å². The molecular weight excluding hydrogens is 258 g/mol. The van der Waals surface area contributed by atoms with E-state index in [1.807, 2.05) is 0 Å². The SMILES string of the molecule is CCCCc1nc(Cl)c(CNCCCCC(C)C)[nH]1. The summed E-state index contributed by atoms with van der Waals surface area (Å²) in [5, 5.41) is 4.06. The Balaban J connectivity index is 2.19. The fourth-order valence-corrected chi connectivity index (χ4v) is 2.25. The number of imidazole rings is 1. The van der Waals surface area contributed by atoms with Crippen molar-refractivity contribution in [2.75, 3.05) is 6.54 Å². The van der Waals surface area contributed by atoms with Crippen LogP contribution in [0.5, 0.6) is 0 Å². The summed E-state index contributed by atoms with van der Waals surface area (Å²) in [4.78, 5) is 7.68. The first kappa shape index (κ1) is 16.5. The molecule has 0 saturated heterocycles. The quantitative estimate of drug-likeness (QED) is 0.629. The fourth-order valence-electron chi connectivity index (χ4n) is 2.04. The summed E-state index contributed by atoms with van der Waals surface area (Å²) in [6.07, 6.45) is 7.17. The molecule has 0 fully saturated rings. The molecule has 0 bridgehead atoms. The van der Waals surface area contributed by atoms with Gasteiger partial charge in [0, 0.05) is 13.0 Å². The number of unbranched alkanes of at least 4 members (excludes halogenated alkanes) is 2. The number of aromatic nitrogens is 2. The van der Waals surface area contributed by atoms with Gasteiger partial charge in [0.1, 0.15) is 5.82 Å². The highest BCUT2D eigenvalue weighted by Gasteiger charge is 2.07. The number of aryl methyl sites for hydroxylation is 1. The Morgan fingerprint density at radius 1 is 1.26 bits per heavy atom. The second kappa shape index (κ2) is 9.38. The van der Waals surface area contributed by atoms with Crippen LogP contribution < -0.4 is 5.32 Å². The number of halogens is 1. The van der Waals surface area contributed by atoms with Gasteiger partial charge in [-0.1, -0.05) is 51.6 Å². The molecule has 0 aliphatic carbocycles. The standard InChI is InChI=1S/C15H28ClN3/c1-4-5-9-14-18-13(15(16)19-14)11-17-10-7-6-8-12(2)3/h12,17H,4-11H2,1-3H3,(H,18,19). The van der Waals surface area contributed by atoms with Crippen LogP contribution in [0.15, 0.2) is 0 Å². The van der Waals surface area contributed by atoms with E-state index in [-0.39, 0.29) is 0 Å². The van der Waals surface area contributed by atoms with E-state index in [9.17, 15) is 0 Å². The molecule has 0 amide bonds. The third-order valence-electron chi connectivity index (χ3n) is 3.23. The van der Waals surface area contributed by atoms with Crippen molar-refractivity contribution in [3.63, 3.8) is 0 Å². The van der Waals surface area contributed by atoms with E-state index >= 15 is 0 Å². The van der Waals surface area contributed by atoms with E-state index in [1.165, 1.54) is 25.7 Å². The molecule has 0 aliphatic rings. The van der Waals surface area contributed by atoms with Gasteiger partial charge in [-0.15, -0.1) is 0 Å². The van der Waals surface area contributed by atoms with E-state index in [2.05, 4.69) is 36.1 Å². The van der Waals surface area contributed by atoms with Crippen molar-refractivity contribution in [1.82, 2.24) is 15.3 Å². The van der Waals surface area contributed by atoms with Crippen molar-refractivity contribution >= 4 is 11.6 Å². The second-order valence-electron chi connectivity index (χ2n) is 5.62. The van der Waals surface area contributed by atoms with Crippen LogP contribution in [0, 0.1) is 5.92 Å². The molecule has 0 spiro atoms. The number of rotatable bonds is 10. The second-order valence-corrected chi connectivity index (χ2v) is 5.98. The van der Waals surface area contributed by atoms with Crippen molar-refractivity contribution in [3.05, 3.63) is 16.7 Å². The average molecular weight is 286 g/mol. The molecule has 110 valence electrons. The first-order valence-electron chi connectivity index (χ1n) is 7.57. The van der Waals surface area contributed by atoms with E-state index in [1.54, 1.807) is 0 Å². The van der Waals surface area contributed by atoms with E-state index < -0.39 is 0 Å². The lowest BCUT2D eigenvalue weighted by atomic mass is 10.1. The molecule has 1 heterocycles. The topological polar surface area (TPSA) is 40.7 Å². The minimum Gasteiger partial charge on any atom is -0.344 e. The lowest BCUT2D eigenvalue weighted by Gasteiger charge is -2.05. The maximum atomic E-state index is 6.12. The van der Waals surface area contributed by atoms with E-state index in [0.29, 0.717) is 5.15 Å². The van der Waals surface area contributed by atoms with Crippen LogP contribution in [-0.2, 0) is 13.0 Å². The molecule has 1 aromatic heterocycles. The fraction of sp³-hybridized carbons (Fsp3) is 0.800. The minimum atomic E-state index is 0.626. The van der Waals surface area contributed by atoms with Crippen molar-refractivity contribution in [1.29, 1.82) is 0 Å². The lowest BCUT2D eigenvalue weighted by Crippen LogP contribution is -2.15. The Kier molecular flexibility index (Phi) is 8.15. The van der Waals surface area contributed by atoms with Crippen molar-refractivity contribution in [3.8, 4) is 0 Å². The van der Waals surface area contributed by atoms with E-state index in [4.69, 9.17) is 11.6 Å². The largest absolute Gasteiger partial charge is 0.344 e. The van der Waals surface area contributed by atoms with Gasteiger partial charge >= 0.3 is 0 Å². The Hall–Kier alpha value is -0.540. The third-order valence-corrected chi connectivity index (χ3v) is 3.54. The smallest absolute Gasteiger partial charge is 0.151 e. The Bertz CT molecular complexity index is 347. The highest BCUT2D eigenvalue weighted by molar-refractivity contribution is 6.30. The van der Waals surface area contributed by atoms with Crippen LogP contribution in [0.1, 0.15) is 64.4 Å². The number of H-pyrrole nitrogens is 1. The van der Waals surface area contributed by atoms with Gasteiger partial charge in [-0.2, -0.15) is 0 Å². The zero-order valence-electron chi connectivity index (χ0n) is 12.6. The summed E-state index contributed by atoms with van der Waals surface area (Å²) in [5.74, 6) is 1.83. The maximum Gasteiger partial charge on any atom is 0.151 e. The van der Waals surface area contributed by atoms with E-state index in [0.717, 1.165) is 43.4 Å². The molecule has 4 heteroatoms. The molecule has 0 atom stereocenters. The summed E-state index contributed by atoms with van der Waals surface area (Å²) in [6, 6.07) is 0. The highest BCUT2D eigenvalue weighted by Crippen LogP contribution is 2.14. The molecule has 0 unspecified atom stereocenters. The summed E-state index contributed by atoms with van der Waals surface area (Å²) < 4.78 is 0. The van der Waals surface area contributed by atoms with Crippen LogP contribution in [0.4, 0.5) is 0 Å². The van der Waals surface area contributed by atoms with Gasteiger partial charge in [0.25, 0.3) is 0 Å². The number of aromatic amines is 1. The van der Waals surface area contributed by atoms with Gasteiger partial charge < -0.3 is 10.3 Å². The molecule has 0 aliphatic heterocycles. The molecule has 0 aromatic carbocycles. The third kappa shape index (κ3) is 6.98. The van der Waals surface area contributed by atoms with Crippen LogP contribution in [-0.4, -0.2) is 16.5 Å². The molecule has 19 heavy (non-hydrogen) atoms. The number of nitrogens with one attached hydrogen (secondary N) is 2. The summed E-state index contributed by atoms with van der Waals surface area (Å²) >= 11 is 6.12. The van der Waals surface area contributed by atoms with Gasteiger partial charge in [-0.25, -0.2) is 4.98 Å². The molecule has 0 radical (unpaired) electrons. The van der Waals surface area contributed by atoms with Crippen molar-refractivity contribution < 1.29 is 0 Å². The monoisotopic (exact) mass is 285 g/mol. The molecule has 3 nitrogen and oxygen atoms in total. The van der Waals surface area contributed by atoms with Crippen LogP contribution in [0.3, 0.4) is 0 Å². The first-order valence-corrected chi connectivity index (χ1v) is 7.95. The maximum absolute atomic E-state index is 6.12. The minimum absolute atomic E-state index is 0.626. The highest BCUT2D eigenvalue weighted by atomic mass is 35.5. The molecule has 2 N–H and O–H groups in total. The van der Waals surface area contributed by atoms with Crippen molar-refractivity contribution in [2.45, 2.75) is 65.8 Å². The van der Waals surface area contributed by atoms with Gasteiger partial charge in [0.15, 0.2) is 5.15 Å². The summed E-state index contributed by atoms with van der Waals surface area (Å²) in [5.41, 5.74) is 1.02. The molecular formula is C15H28ClN3. The predicted molar refractivity (Wildman–Crippen MR) is 82.6 cm³/mol. The predicted octanol–water partition coefficient (Wildman–Crippen LogP) is 4.32. The lowest BCUT2D eigenvalue weighted by molar-refractivity contribution is 0.519. The normalized spacial score (nSPS) is 11.4.